The highest BCUT2D eigenvalue weighted by Gasteiger charge is 2.27. The van der Waals surface area contributed by atoms with E-state index >= 15 is 0 Å². The number of nitrogens with one attached hydrogen (secondary N) is 2. The van der Waals surface area contributed by atoms with Gasteiger partial charge in [-0.3, -0.25) is 4.79 Å². The van der Waals surface area contributed by atoms with E-state index in [2.05, 4.69) is 21.9 Å². The highest BCUT2D eigenvalue weighted by Crippen LogP contribution is 2.23. The number of fused-ring (bicyclic) bond motifs is 1. The van der Waals surface area contributed by atoms with Gasteiger partial charge in [0.1, 0.15) is 6.04 Å². The third kappa shape index (κ3) is 8.97. The minimum Gasteiger partial charge on any atom is -0.464 e. The van der Waals surface area contributed by atoms with Crippen molar-refractivity contribution in [3.05, 3.63) is 114 Å². The normalized spacial score (nSPS) is 13.0. The Balaban J connectivity index is 1.51. The predicted molar refractivity (Wildman–Crippen MR) is 169 cm³/mol. The quantitative estimate of drug-likeness (QED) is 0.197. The summed E-state index contributed by atoms with van der Waals surface area (Å²) in [6, 6.07) is 27.5. The molecule has 0 radical (unpaired) electrons. The maximum atomic E-state index is 13.5. The van der Waals surface area contributed by atoms with E-state index in [4.69, 9.17) is 4.74 Å². The Morgan fingerprint density at radius 3 is 2.16 bits per heavy atom. The van der Waals surface area contributed by atoms with Crippen LogP contribution in [0.25, 0.3) is 10.8 Å². The van der Waals surface area contributed by atoms with Crippen LogP contribution in [0.3, 0.4) is 0 Å². The number of sulfonamides is 1. The van der Waals surface area contributed by atoms with Crippen LogP contribution in [0.15, 0.2) is 102 Å². The Labute approximate surface area is 254 Å². The van der Waals surface area contributed by atoms with Crippen LogP contribution >= 0.6 is 0 Å². The Hall–Kier alpha value is -4.05. The molecule has 0 heterocycles. The molecule has 2 N–H and O–H groups in total. The number of carbonyl (C=O) groups excluding carboxylic acids is 2. The van der Waals surface area contributed by atoms with Gasteiger partial charge in [-0.2, -0.15) is 0 Å². The van der Waals surface area contributed by atoms with Gasteiger partial charge in [0, 0.05) is 19.4 Å². The van der Waals surface area contributed by atoms with E-state index in [-0.39, 0.29) is 24.3 Å². The molecule has 4 aromatic carbocycles. The summed E-state index contributed by atoms with van der Waals surface area (Å²) in [6.07, 6.45) is 0.0301. The molecule has 4 aromatic rings. The minimum absolute atomic E-state index is 0.102. The second-order valence-electron chi connectivity index (χ2n) is 10.5. The zero-order chi connectivity index (χ0) is 30.8. The van der Waals surface area contributed by atoms with Crippen molar-refractivity contribution in [2.45, 2.75) is 50.2 Å². The number of benzene rings is 4. The van der Waals surface area contributed by atoms with Gasteiger partial charge in [0.2, 0.25) is 15.9 Å². The van der Waals surface area contributed by atoms with Crippen molar-refractivity contribution in [1.82, 2.24) is 14.9 Å². The van der Waals surface area contributed by atoms with Crippen LogP contribution in [0.4, 0.5) is 0 Å². The standard InChI is InChI=1S/C34H39N3O5S/c1-4-37(3)24-26-17-15-25(16-18-26)21-32(34(39)42-5-2)35-33(38)23-31(28-12-7-6-8-13-28)36-43(40,41)30-20-19-27-11-9-10-14-29(27)22-30/h6-20,22,31-32,36H,4-5,21,23-24H2,1-3H3,(H,35,38). The second kappa shape index (κ2) is 14.9. The molecule has 0 saturated carbocycles. The predicted octanol–water partition coefficient (Wildman–Crippen LogP) is 4.99. The molecule has 0 spiro atoms. The van der Waals surface area contributed by atoms with E-state index in [9.17, 15) is 18.0 Å². The zero-order valence-corrected chi connectivity index (χ0v) is 25.6. The van der Waals surface area contributed by atoms with Gasteiger partial charge in [-0.05, 0) is 60.1 Å². The molecule has 9 heteroatoms. The molecule has 4 rings (SSSR count). The van der Waals surface area contributed by atoms with Crippen LogP contribution in [-0.2, 0) is 37.3 Å². The summed E-state index contributed by atoms with van der Waals surface area (Å²) in [5.41, 5.74) is 2.65. The molecule has 226 valence electrons. The summed E-state index contributed by atoms with van der Waals surface area (Å²) in [5.74, 6) is -1.02. The maximum Gasteiger partial charge on any atom is 0.328 e. The lowest BCUT2D eigenvalue weighted by molar-refractivity contribution is -0.147. The number of carbonyl (C=O) groups is 2. The van der Waals surface area contributed by atoms with Gasteiger partial charge in [-0.25, -0.2) is 17.9 Å². The van der Waals surface area contributed by atoms with Crippen molar-refractivity contribution in [3.8, 4) is 0 Å². The summed E-state index contributed by atoms with van der Waals surface area (Å²) in [5, 5.41) is 4.52. The lowest BCUT2D eigenvalue weighted by Gasteiger charge is -2.22. The molecule has 0 fully saturated rings. The number of esters is 1. The van der Waals surface area contributed by atoms with E-state index in [1.165, 1.54) is 0 Å². The topological polar surface area (TPSA) is 105 Å². The van der Waals surface area contributed by atoms with Crippen LogP contribution < -0.4 is 10.0 Å². The number of nitrogens with zero attached hydrogens (tertiary/aromatic N) is 1. The Bertz CT molecular complexity index is 1630. The number of hydrogen-bond acceptors (Lipinski definition) is 6. The van der Waals surface area contributed by atoms with E-state index in [0.717, 1.165) is 35.0 Å². The lowest BCUT2D eigenvalue weighted by atomic mass is 10.0. The molecular weight excluding hydrogens is 562 g/mol. The number of rotatable bonds is 14. The fourth-order valence-corrected chi connectivity index (χ4v) is 6.08. The molecule has 43 heavy (non-hydrogen) atoms. The number of amides is 1. The summed E-state index contributed by atoms with van der Waals surface area (Å²) in [6.45, 7) is 5.72. The first-order valence-corrected chi connectivity index (χ1v) is 15.9. The SMILES string of the molecule is CCOC(=O)C(Cc1ccc(CN(C)CC)cc1)NC(=O)CC(NS(=O)(=O)c1ccc2ccccc2c1)c1ccccc1. The number of hydrogen-bond donors (Lipinski definition) is 2. The van der Waals surface area contributed by atoms with Crippen molar-refractivity contribution in [2.75, 3.05) is 20.2 Å². The summed E-state index contributed by atoms with van der Waals surface area (Å²) < 4.78 is 35.0. The average molecular weight is 602 g/mol. The molecule has 2 atom stereocenters. The molecule has 2 unspecified atom stereocenters. The highest BCUT2D eigenvalue weighted by molar-refractivity contribution is 7.89. The maximum absolute atomic E-state index is 13.5. The van der Waals surface area contributed by atoms with Crippen molar-refractivity contribution in [1.29, 1.82) is 0 Å². The van der Waals surface area contributed by atoms with Crippen molar-refractivity contribution in [3.63, 3.8) is 0 Å². The van der Waals surface area contributed by atoms with Gasteiger partial charge in [0.05, 0.1) is 17.5 Å². The molecule has 0 saturated heterocycles. The molecule has 8 nitrogen and oxygen atoms in total. The molecule has 0 aliphatic rings. The molecular formula is C34H39N3O5S. The smallest absolute Gasteiger partial charge is 0.328 e. The first-order chi connectivity index (χ1) is 20.7. The van der Waals surface area contributed by atoms with E-state index < -0.39 is 34.0 Å². The Kier molecular flexibility index (Phi) is 11.1. The van der Waals surface area contributed by atoms with Crippen LogP contribution in [0, 0.1) is 0 Å². The molecule has 0 aliphatic heterocycles. The molecule has 1 amide bonds. The van der Waals surface area contributed by atoms with E-state index in [1.54, 1.807) is 49.4 Å². The van der Waals surface area contributed by atoms with Gasteiger partial charge in [-0.1, -0.05) is 91.9 Å². The summed E-state index contributed by atoms with van der Waals surface area (Å²) in [7, 11) is -1.94. The lowest BCUT2D eigenvalue weighted by Crippen LogP contribution is -2.44. The first-order valence-electron chi connectivity index (χ1n) is 14.5. The van der Waals surface area contributed by atoms with E-state index in [0.29, 0.717) is 5.56 Å². The van der Waals surface area contributed by atoms with Crippen molar-refractivity contribution >= 4 is 32.7 Å². The van der Waals surface area contributed by atoms with Crippen LogP contribution in [0.5, 0.6) is 0 Å². The monoisotopic (exact) mass is 601 g/mol. The van der Waals surface area contributed by atoms with Gasteiger partial charge in [0.25, 0.3) is 0 Å². The van der Waals surface area contributed by atoms with Crippen molar-refractivity contribution in [2.24, 2.45) is 0 Å². The molecule has 0 bridgehead atoms. The largest absolute Gasteiger partial charge is 0.464 e. The minimum atomic E-state index is -3.99. The Morgan fingerprint density at radius 1 is 0.837 bits per heavy atom. The highest BCUT2D eigenvalue weighted by atomic mass is 32.2. The fraction of sp³-hybridized carbons (Fsp3) is 0.294. The zero-order valence-electron chi connectivity index (χ0n) is 24.8. The van der Waals surface area contributed by atoms with Crippen molar-refractivity contribution < 1.29 is 22.7 Å². The van der Waals surface area contributed by atoms with Gasteiger partial charge in [0.15, 0.2) is 0 Å². The van der Waals surface area contributed by atoms with Gasteiger partial charge < -0.3 is 15.0 Å². The second-order valence-corrected chi connectivity index (χ2v) is 12.2. The Morgan fingerprint density at radius 2 is 1.49 bits per heavy atom. The van der Waals surface area contributed by atoms with Crippen LogP contribution in [0.1, 0.15) is 43.0 Å². The summed E-state index contributed by atoms with van der Waals surface area (Å²) in [4.78, 5) is 28.5. The molecule has 0 aromatic heterocycles. The first kappa shape index (κ1) is 31.9. The van der Waals surface area contributed by atoms with Crippen LogP contribution in [0.2, 0.25) is 0 Å². The number of ether oxygens (including phenoxy) is 1. The van der Waals surface area contributed by atoms with Gasteiger partial charge >= 0.3 is 5.97 Å². The average Bonchev–Trinajstić information content (AvgIpc) is 3.01. The van der Waals surface area contributed by atoms with E-state index in [1.807, 2.05) is 61.6 Å². The summed E-state index contributed by atoms with van der Waals surface area (Å²) >= 11 is 0. The molecule has 0 aliphatic carbocycles. The third-order valence-electron chi connectivity index (χ3n) is 7.28. The van der Waals surface area contributed by atoms with Crippen LogP contribution in [-0.4, -0.2) is 51.4 Å². The van der Waals surface area contributed by atoms with Gasteiger partial charge in [-0.15, -0.1) is 0 Å². The fourth-order valence-electron chi connectivity index (χ4n) is 4.82. The third-order valence-corrected chi connectivity index (χ3v) is 8.75.